The molecule has 7 nitrogen and oxygen atoms in total. The maximum absolute atomic E-state index is 12.1. The van der Waals surface area contributed by atoms with Crippen molar-refractivity contribution in [2.45, 2.75) is 37.4 Å². The van der Waals surface area contributed by atoms with Crippen LogP contribution in [0.15, 0.2) is 59.5 Å². The third-order valence-electron chi connectivity index (χ3n) is 5.24. The van der Waals surface area contributed by atoms with E-state index in [0.29, 0.717) is 30.5 Å². The Labute approximate surface area is 208 Å². The molecule has 1 aromatic heterocycles. The maximum Gasteiger partial charge on any atom is 0.307 e. The summed E-state index contributed by atoms with van der Waals surface area (Å²) in [5.74, 6) is 1.17. The molecule has 34 heavy (non-hydrogen) atoms. The minimum Gasteiger partial charge on any atom is -0.496 e. The highest BCUT2D eigenvalue weighted by Crippen LogP contribution is 2.32. The number of aromatic nitrogens is 1. The number of thioether (sulfide) groups is 1. The molecule has 3 N–H and O–H groups in total. The highest BCUT2D eigenvalue weighted by molar-refractivity contribution is 7.99. The SMILES string of the molecule is CCOC(=O)CC(NCc1ccc(SCCn2c(O)ccc2O)c(OC)c1)c1ccc(Cl)cc1. The van der Waals surface area contributed by atoms with Crippen LogP contribution in [-0.2, 0) is 22.6 Å². The molecule has 1 heterocycles. The highest BCUT2D eigenvalue weighted by Gasteiger charge is 2.17. The number of halogens is 1. The molecule has 0 aliphatic carbocycles. The summed E-state index contributed by atoms with van der Waals surface area (Å²) in [5, 5.41) is 23.6. The number of benzene rings is 2. The Morgan fingerprint density at radius 3 is 2.47 bits per heavy atom. The number of nitrogens with one attached hydrogen (secondary N) is 1. The second kappa shape index (κ2) is 12.6. The quantitative estimate of drug-likeness (QED) is 0.232. The van der Waals surface area contributed by atoms with Crippen LogP contribution in [0.25, 0.3) is 0 Å². The molecule has 0 saturated carbocycles. The molecule has 2 aromatic carbocycles. The number of ether oxygens (including phenoxy) is 2. The average Bonchev–Trinajstić information content (AvgIpc) is 3.15. The van der Waals surface area contributed by atoms with E-state index in [4.69, 9.17) is 21.1 Å². The molecule has 0 amide bonds. The molecule has 9 heteroatoms. The van der Waals surface area contributed by atoms with Crippen molar-refractivity contribution >= 4 is 29.3 Å². The Morgan fingerprint density at radius 2 is 1.82 bits per heavy atom. The van der Waals surface area contributed by atoms with Crippen molar-refractivity contribution in [2.24, 2.45) is 0 Å². The van der Waals surface area contributed by atoms with Crippen LogP contribution < -0.4 is 10.1 Å². The third kappa shape index (κ3) is 7.09. The lowest BCUT2D eigenvalue weighted by Gasteiger charge is -2.19. The van der Waals surface area contributed by atoms with E-state index in [2.05, 4.69) is 5.32 Å². The molecular weight excluding hydrogens is 476 g/mol. The Bertz CT molecular complexity index is 1070. The highest BCUT2D eigenvalue weighted by atomic mass is 35.5. The molecule has 0 aliphatic heterocycles. The lowest BCUT2D eigenvalue weighted by Crippen LogP contribution is -2.24. The molecule has 0 fully saturated rings. The number of rotatable bonds is 12. The summed E-state index contributed by atoms with van der Waals surface area (Å²) in [4.78, 5) is 13.1. The Kier molecular flexibility index (Phi) is 9.56. The van der Waals surface area contributed by atoms with Gasteiger partial charge in [-0.15, -0.1) is 11.8 Å². The van der Waals surface area contributed by atoms with E-state index in [9.17, 15) is 15.0 Å². The number of carbonyl (C=O) groups excluding carboxylic acids is 1. The van der Waals surface area contributed by atoms with Gasteiger partial charge < -0.3 is 25.0 Å². The van der Waals surface area contributed by atoms with E-state index in [1.165, 1.54) is 16.7 Å². The van der Waals surface area contributed by atoms with Gasteiger partial charge in [0.15, 0.2) is 11.8 Å². The second-order valence-electron chi connectivity index (χ2n) is 7.53. The van der Waals surface area contributed by atoms with Crippen molar-refractivity contribution < 1.29 is 24.5 Å². The fourth-order valence-electron chi connectivity index (χ4n) is 3.49. The number of carbonyl (C=O) groups is 1. The molecule has 182 valence electrons. The van der Waals surface area contributed by atoms with Crippen LogP contribution in [0.4, 0.5) is 0 Å². The van der Waals surface area contributed by atoms with Gasteiger partial charge in [0.2, 0.25) is 0 Å². The summed E-state index contributed by atoms with van der Waals surface area (Å²) in [5.41, 5.74) is 1.96. The van der Waals surface area contributed by atoms with E-state index in [0.717, 1.165) is 21.8 Å². The zero-order valence-electron chi connectivity index (χ0n) is 19.2. The van der Waals surface area contributed by atoms with E-state index < -0.39 is 0 Å². The standard InChI is InChI=1S/C25H29ClN2O5S/c1-3-33-25(31)15-20(18-5-7-19(26)8-6-18)27-16-17-4-9-22(21(14-17)32-2)34-13-12-28-23(29)10-11-24(28)30/h4-11,14,20,27,29-30H,3,12-13,15-16H2,1-2H3. The minimum atomic E-state index is -0.265. The maximum atomic E-state index is 12.1. The lowest BCUT2D eigenvalue weighted by molar-refractivity contribution is -0.143. The van der Waals surface area contributed by atoms with E-state index >= 15 is 0 Å². The van der Waals surface area contributed by atoms with Crippen molar-refractivity contribution in [1.82, 2.24) is 9.88 Å². The third-order valence-corrected chi connectivity index (χ3v) is 6.52. The first-order valence-electron chi connectivity index (χ1n) is 10.9. The summed E-state index contributed by atoms with van der Waals surface area (Å²) < 4.78 is 12.2. The largest absolute Gasteiger partial charge is 0.496 e. The van der Waals surface area contributed by atoms with Crippen LogP contribution in [-0.4, -0.2) is 40.2 Å². The molecule has 1 atom stereocenters. The Morgan fingerprint density at radius 1 is 1.12 bits per heavy atom. The summed E-state index contributed by atoms with van der Waals surface area (Å²) in [6.07, 6.45) is 0.208. The monoisotopic (exact) mass is 504 g/mol. The number of esters is 1. The van der Waals surface area contributed by atoms with Crippen LogP contribution >= 0.6 is 23.4 Å². The van der Waals surface area contributed by atoms with Crippen LogP contribution in [0.1, 0.15) is 30.5 Å². The van der Waals surface area contributed by atoms with Crippen LogP contribution in [0, 0.1) is 0 Å². The number of methoxy groups -OCH3 is 1. The summed E-state index contributed by atoms with van der Waals surface area (Å²) in [6, 6.07) is 16.1. The summed E-state index contributed by atoms with van der Waals surface area (Å²) >= 11 is 7.59. The normalized spacial score (nSPS) is 11.9. The molecule has 0 spiro atoms. The molecule has 0 bridgehead atoms. The van der Waals surface area contributed by atoms with Gasteiger partial charge in [-0.1, -0.05) is 29.8 Å². The van der Waals surface area contributed by atoms with Gasteiger partial charge in [0.25, 0.3) is 0 Å². The van der Waals surface area contributed by atoms with Crippen LogP contribution in [0.3, 0.4) is 0 Å². The van der Waals surface area contributed by atoms with Crippen LogP contribution in [0.5, 0.6) is 17.5 Å². The molecule has 0 radical (unpaired) electrons. The number of hydrogen-bond acceptors (Lipinski definition) is 7. The molecule has 3 aromatic rings. The second-order valence-corrected chi connectivity index (χ2v) is 9.10. The van der Waals surface area contributed by atoms with Gasteiger partial charge in [-0.2, -0.15) is 0 Å². The predicted octanol–water partition coefficient (Wildman–Crippen LogP) is 5.14. The Balaban J connectivity index is 1.64. The molecule has 0 saturated heterocycles. The van der Waals surface area contributed by atoms with E-state index in [-0.39, 0.29) is 30.2 Å². The van der Waals surface area contributed by atoms with E-state index in [1.807, 2.05) is 30.3 Å². The number of aromatic hydroxyl groups is 2. The van der Waals surface area contributed by atoms with Crippen LogP contribution in [0.2, 0.25) is 5.02 Å². The van der Waals surface area contributed by atoms with Gasteiger partial charge in [-0.05, 0) is 42.3 Å². The van der Waals surface area contributed by atoms with Gasteiger partial charge in [0.1, 0.15) is 5.75 Å². The molecule has 3 rings (SSSR count). The first-order chi connectivity index (χ1) is 16.4. The smallest absolute Gasteiger partial charge is 0.307 e. The van der Waals surface area contributed by atoms with Crippen molar-refractivity contribution in [3.05, 3.63) is 70.7 Å². The summed E-state index contributed by atoms with van der Waals surface area (Å²) in [6.45, 7) is 3.11. The van der Waals surface area contributed by atoms with Gasteiger partial charge in [-0.25, -0.2) is 0 Å². The topological polar surface area (TPSA) is 93.0 Å². The van der Waals surface area contributed by atoms with Crippen molar-refractivity contribution in [3.8, 4) is 17.5 Å². The summed E-state index contributed by atoms with van der Waals surface area (Å²) in [7, 11) is 1.62. The van der Waals surface area contributed by atoms with Gasteiger partial charge >= 0.3 is 5.97 Å². The Hall–Kier alpha value is -2.81. The number of hydrogen-bond donors (Lipinski definition) is 3. The molecular formula is C25H29ClN2O5S. The van der Waals surface area contributed by atoms with Crippen molar-refractivity contribution in [2.75, 3.05) is 19.5 Å². The average molecular weight is 505 g/mol. The van der Waals surface area contributed by atoms with E-state index in [1.54, 1.807) is 37.9 Å². The van der Waals surface area contributed by atoms with Crippen molar-refractivity contribution in [3.63, 3.8) is 0 Å². The van der Waals surface area contributed by atoms with Gasteiger partial charge in [0, 0.05) is 46.9 Å². The fourth-order valence-corrected chi connectivity index (χ4v) is 4.56. The zero-order chi connectivity index (χ0) is 24.5. The van der Waals surface area contributed by atoms with Crippen molar-refractivity contribution in [1.29, 1.82) is 0 Å². The first-order valence-corrected chi connectivity index (χ1v) is 12.3. The lowest BCUT2D eigenvalue weighted by atomic mass is 10.0. The molecule has 1 unspecified atom stereocenters. The zero-order valence-corrected chi connectivity index (χ0v) is 20.7. The number of nitrogens with zero attached hydrogens (tertiary/aromatic N) is 1. The van der Waals surface area contributed by atoms with Gasteiger partial charge in [0.05, 0.1) is 20.1 Å². The fraction of sp³-hybridized carbons (Fsp3) is 0.320. The van der Waals surface area contributed by atoms with Gasteiger partial charge in [-0.3, -0.25) is 9.36 Å². The first kappa shape index (κ1) is 25.8. The molecule has 0 aliphatic rings. The minimum absolute atomic E-state index is 0.0320. The predicted molar refractivity (Wildman–Crippen MR) is 134 cm³/mol.